The lowest BCUT2D eigenvalue weighted by molar-refractivity contribution is -0.136. The Morgan fingerprint density at radius 3 is 2.20 bits per heavy atom. The molecule has 0 N–H and O–H groups in total. The Bertz CT molecular complexity index is 1340. The minimum absolute atomic E-state index is 0.0659. The van der Waals surface area contributed by atoms with Crippen LogP contribution in [-0.2, 0) is 14.6 Å². The van der Waals surface area contributed by atoms with E-state index < -0.39 is 15.8 Å². The van der Waals surface area contributed by atoms with Crippen molar-refractivity contribution in [2.75, 3.05) is 37.7 Å². The van der Waals surface area contributed by atoms with E-state index in [1.807, 2.05) is 61.5 Å². The topological polar surface area (TPSA) is 92.6 Å². The Balaban J connectivity index is 1.36. The number of aromatic nitrogens is 2. The quantitative estimate of drug-likeness (QED) is 0.558. The summed E-state index contributed by atoms with van der Waals surface area (Å²) >= 11 is 0. The van der Waals surface area contributed by atoms with Gasteiger partial charge >= 0.3 is 0 Å². The van der Waals surface area contributed by atoms with Crippen molar-refractivity contribution in [3.63, 3.8) is 0 Å². The van der Waals surface area contributed by atoms with Crippen LogP contribution in [0.5, 0.6) is 0 Å². The summed E-state index contributed by atoms with van der Waals surface area (Å²) in [5.41, 5.74) is 3.99. The molecular weight excluding hydrogens is 464 g/mol. The maximum Gasteiger partial charge on any atom is 0.257 e. The summed E-state index contributed by atoms with van der Waals surface area (Å²) in [6.07, 6.45) is 2.16. The lowest BCUT2D eigenvalue weighted by Gasteiger charge is -2.35. The molecule has 2 aromatic carbocycles. The molecule has 1 atom stereocenters. The zero-order valence-electron chi connectivity index (χ0n) is 19.6. The molecule has 5 rings (SSSR count). The van der Waals surface area contributed by atoms with Crippen LogP contribution < -0.4 is 0 Å². The number of carbonyl (C=O) groups is 2. The normalized spacial score (nSPS) is 19.6. The van der Waals surface area contributed by atoms with Gasteiger partial charge in [-0.2, -0.15) is 5.10 Å². The van der Waals surface area contributed by atoms with Gasteiger partial charge in [-0.3, -0.25) is 9.59 Å². The van der Waals surface area contributed by atoms with E-state index in [-0.39, 0.29) is 23.3 Å². The second-order valence-corrected chi connectivity index (χ2v) is 11.5. The summed E-state index contributed by atoms with van der Waals surface area (Å²) in [6.45, 7) is 3.60. The molecule has 3 heterocycles. The molecule has 35 heavy (non-hydrogen) atoms. The lowest BCUT2D eigenvalue weighted by atomic mass is 10.0. The van der Waals surface area contributed by atoms with Gasteiger partial charge in [-0.15, -0.1) is 0 Å². The Labute approximate surface area is 205 Å². The summed E-state index contributed by atoms with van der Waals surface area (Å²) in [4.78, 5) is 29.9. The monoisotopic (exact) mass is 492 g/mol. The van der Waals surface area contributed by atoms with E-state index in [0.717, 1.165) is 16.8 Å². The van der Waals surface area contributed by atoms with Crippen LogP contribution in [0, 0.1) is 12.8 Å². The van der Waals surface area contributed by atoms with Crippen molar-refractivity contribution in [2.24, 2.45) is 5.92 Å². The van der Waals surface area contributed by atoms with Crippen molar-refractivity contribution in [3.05, 3.63) is 71.9 Å². The molecule has 8 nitrogen and oxygen atoms in total. The van der Waals surface area contributed by atoms with Crippen LogP contribution in [0.15, 0.2) is 60.8 Å². The third-order valence-electron chi connectivity index (χ3n) is 6.75. The first-order valence-corrected chi connectivity index (χ1v) is 13.6. The average molecular weight is 493 g/mol. The Hall–Kier alpha value is -3.46. The van der Waals surface area contributed by atoms with Gasteiger partial charge in [0.25, 0.3) is 5.91 Å². The van der Waals surface area contributed by atoms with Crippen LogP contribution >= 0.6 is 0 Å². The van der Waals surface area contributed by atoms with Gasteiger partial charge in [0.2, 0.25) is 5.91 Å². The highest BCUT2D eigenvalue weighted by atomic mass is 32.2. The van der Waals surface area contributed by atoms with Crippen molar-refractivity contribution >= 4 is 21.7 Å². The van der Waals surface area contributed by atoms with Crippen molar-refractivity contribution in [1.29, 1.82) is 0 Å². The fraction of sp³-hybridized carbons (Fsp3) is 0.346. The van der Waals surface area contributed by atoms with Crippen LogP contribution in [0.1, 0.15) is 22.3 Å². The van der Waals surface area contributed by atoms with Gasteiger partial charge in [0.1, 0.15) is 5.69 Å². The molecule has 3 aromatic rings. The van der Waals surface area contributed by atoms with Crippen LogP contribution in [0.2, 0.25) is 0 Å². The third kappa shape index (κ3) is 4.86. The highest BCUT2D eigenvalue weighted by Crippen LogP contribution is 2.27. The molecule has 1 aromatic heterocycles. The predicted molar refractivity (Wildman–Crippen MR) is 133 cm³/mol. The molecule has 2 aliphatic rings. The zero-order valence-corrected chi connectivity index (χ0v) is 20.4. The number of hydrogen-bond donors (Lipinski definition) is 0. The van der Waals surface area contributed by atoms with Crippen molar-refractivity contribution < 1.29 is 18.0 Å². The number of para-hydroxylation sites is 1. The van der Waals surface area contributed by atoms with Crippen LogP contribution in [0.3, 0.4) is 0 Å². The molecule has 0 aliphatic carbocycles. The van der Waals surface area contributed by atoms with Gasteiger partial charge in [0, 0.05) is 37.9 Å². The summed E-state index contributed by atoms with van der Waals surface area (Å²) < 4.78 is 25.3. The van der Waals surface area contributed by atoms with Gasteiger partial charge in [0.05, 0.1) is 28.7 Å². The smallest absolute Gasteiger partial charge is 0.257 e. The zero-order chi connectivity index (χ0) is 24.6. The molecule has 2 aliphatic heterocycles. The highest BCUT2D eigenvalue weighted by molar-refractivity contribution is 7.91. The van der Waals surface area contributed by atoms with Crippen molar-refractivity contribution in [3.8, 4) is 16.9 Å². The first kappa shape index (κ1) is 23.3. The number of rotatable bonds is 4. The van der Waals surface area contributed by atoms with E-state index in [1.54, 1.807) is 20.7 Å². The number of sulfone groups is 1. The number of benzene rings is 2. The van der Waals surface area contributed by atoms with E-state index in [9.17, 15) is 18.0 Å². The van der Waals surface area contributed by atoms with Gasteiger partial charge in [-0.05, 0) is 25.5 Å². The molecule has 0 spiro atoms. The molecule has 0 saturated carbocycles. The Kier molecular flexibility index (Phi) is 6.19. The number of hydrogen-bond acceptors (Lipinski definition) is 5. The molecule has 0 radical (unpaired) electrons. The summed E-state index contributed by atoms with van der Waals surface area (Å²) in [5, 5.41) is 4.75. The lowest BCUT2D eigenvalue weighted by Crippen LogP contribution is -2.52. The molecule has 0 unspecified atom stereocenters. The van der Waals surface area contributed by atoms with E-state index in [2.05, 4.69) is 0 Å². The van der Waals surface area contributed by atoms with Gasteiger partial charge in [-0.25, -0.2) is 13.1 Å². The molecule has 2 saturated heterocycles. The molecule has 2 amide bonds. The van der Waals surface area contributed by atoms with E-state index in [0.29, 0.717) is 43.9 Å². The summed E-state index contributed by atoms with van der Waals surface area (Å²) in [6, 6.07) is 17.6. The van der Waals surface area contributed by atoms with Crippen LogP contribution in [-0.4, -0.2) is 77.5 Å². The molecule has 2 fully saturated rings. The van der Waals surface area contributed by atoms with Gasteiger partial charge < -0.3 is 9.80 Å². The average Bonchev–Trinajstić information content (AvgIpc) is 3.48. The first-order chi connectivity index (χ1) is 16.8. The number of carbonyl (C=O) groups excluding carboxylic acids is 2. The second kappa shape index (κ2) is 9.30. The number of nitrogens with zero attached hydrogens (tertiary/aromatic N) is 4. The molecule has 182 valence electrons. The molecule has 9 heteroatoms. The number of aryl methyl sites for hydroxylation is 1. The Morgan fingerprint density at radius 2 is 1.57 bits per heavy atom. The molecule has 0 bridgehead atoms. The minimum atomic E-state index is -3.12. The van der Waals surface area contributed by atoms with Gasteiger partial charge in [0.15, 0.2) is 9.84 Å². The second-order valence-electron chi connectivity index (χ2n) is 9.25. The fourth-order valence-corrected chi connectivity index (χ4v) is 6.45. The highest BCUT2D eigenvalue weighted by Gasteiger charge is 2.37. The van der Waals surface area contributed by atoms with E-state index >= 15 is 0 Å². The largest absolute Gasteiger partial charge is 0.339 e. The maximum atomic E-state index is 13.6. The van der Waals surface area contributed by atoms with Crippen LogP contribution in [0.25, 0.3) is 16.9 Å². The molecular formula is C26H28N4O4S. The van der Waals surface area contributed by atoms with Crippen LogP contribution in [0.4, 0.5) is 0 Å². The SMILES string of the molecule is Cc1ccc(-c2nn(-c3ccccc3)cc2C(=O)N2CCN(C(=O)[C@H]3CCS(=O)(=O)C3)CC2)cc1. The predicted octanol–water partition coefficient (Wildman–Crippen LogP) is 2.57. The van der Waals surface area contributed by atoms with E-state index in [4.69, 9.17) is 5.10 Å². The first-order valence-electron chi connectivity index (χ1n) is 11.8. The summed E-state index contributed by atoms with van der Waals surface area (Å²) in [5.74, 6) is -0.688. The van der Waals surface area contributed by atoms with E-state index in [1.165, 1.54) is 0 Å². The summed E-state index contributed by atoms with van der Waals surface area (Å²) in [7, 11) is -3.12. The number of amides is 2. The standard InChI is InChI=1S/C26H28N4O4S/c1-19-7-9-20(10-8-19)24-23(17-30(27-24)22-5-3-2-4-6-22)26(32)29-14-12-28(13-15-29)25(31)21-11-16-35(33,34)18-21/h2-10,17,21H,11-16,18H2,1H3/t21-/m0/s1. The number of piperazine rings is 1. The Morgan fingerprint density at radius 1 is 0.914 bits per heavy atom. The minimum Gasteiger partial charge on any atom is -0.339 e. The van der Waals surface area contributed by atoms with Crippen molar-refractivity contribution in [2.45, 2.75) is 13.3 Å². The fourth-order valence-electron chi connectivity index (χ4n) is 4.72. The third-order valence-corrected chi connectivity index (χ3v) is 8.52. The maximum absolute atomic E-state index is 13.6. The van der Waals surface area contributed by atoms with Crippen molar-refractivity contribution in [1.82, 2.24) is 19.6 Å². The van der Waals surface area contributed by atoms with Gasteiger partial charge in [-0.1, -0.05) is 48.0 Å².